The van der Waals surface area contributed by atoms with E-state index in [4.69, 9.17) is 10.6 Å². The molecular weight excluding hydrogens is 537 g/mol. The van der Waals surface area contributed by atoms with Crippen molar-refractivity contribution < 1.29 is 27.5 Å². The standard InChI is InChI=1S/C24H27F3N8O3S/c1-3-29-23(37)33-19-9-16(22-32-18(12-39-22)24(25,26)27)17(11-30-19)15-8-13(20(36)34-28)10-31-21(15)38-14-4-6-35(2)7-5-14/h8-12,14H,3-7,28H2,1-2H3,(H,34,36)(H2,29,30,33,37). The number of nitrogens with zero attached hydrogens (tertiary/aromatic N) is 4. The van der Waals surface area contributed by atoms with Crippen LogP contribution in [0, 0.1) is 0 Å². The van der Waals surface area contributed by atoms with Crippen LogP contribution in [0.1, 0.15) is 35.8 Å². The predicted molar refractivity (Wildman–Crippen MR) is 139 cm³/mol. The van der Waals surface area contributed by atoms with Crippen LogP contribution in [0.3, 0.4) is 0 Å². The minimum atomic E-state index is -4.65. The van der Waals surface area contributed by atoms with Crippen molar-refractivity contribution in [3.8, 4) is 27.6 Å². The van der Waals surface area contributed by atoms with Crippen LogP contribution in [0.5, 0.6) is 5.88 Å². The second-order valence-electron chi connectivity index (χ2n) is 8.81. The van der Waals surface area contributed by atoms with Crippen LogP contribution in [-0.4, -0.2) is 64.6 Å². The largest absolute Gasteiger partial charge is 0.474 e. The molecule has 3 amide bonds. The summed E-state index contributed by atoms with van der Waals surface area (Å²) < 4.78 is 46.4. The molecule has 0 aromatic carbocycles. The quantitative estimate of drug-likeness (QED) is 0.194. The van der Waals surface area contributed by atoms with E-state index in [1.165, 1.54) is 24.5 Å². The Labute approximate surface area is 226 Å². The fraction of sp³-hybridized carbons (Fsp3) is 0.375. The van der Waals surface area contributed by atoms with Gasteiger partial charge in [0.15, 0.2) is 5.69 Å². The van der Waals surface area contributed by atoms with Gasteiger partial charge in [0.25, 0.3) is 5.91 Å². The van der Waals surface area contributed by atoms with E-state index in [9.17, 15) is 22.8 Å². The summed E-state index contributed by atoms with van der Waals surface area (Å²) in [5.74, 6) is 4.96. The van der Waals surface area contributed by atoms with Gasteiger partial charge in [-0.1, -0.05) is 0 Å². The number of thiazole rings is 1. The van der Waals surface area contributed by atoms with Crippen LogP contribution >= 0.6 is 11.3 Å². The predicted octanol–water partition coefficient (Wildman–Crippen LogP) is 3.50. The zero-order valence-electron chi connectivity index (χ0n) is 21.1. The molecule has 1 saturated heterocycles. The molecule has 11 nitrogen and oxygen atoms in total. The van der Waals surface area contributed by atoms with Gasteiger partial charge in [-0.3, -0.25) is 15.5 Å². The molecule has 0 spiro atoms. The first-order valence-electron chi connectivity index (χ1n) is 12.0. The van der Waals surface area contributed by atoms with Crippen molar-refractivity contribution in [2.45, 2.75) is 32.0 Å². The molecule has 4 rings (SSSR count). The van der Waals surface area contributed by atoms with E-state index >= 15 is 0 Å². The second-order valence-corrected chi connectivity index (χ2v) is 9.66. The molecule has 0 atom stereocenters. The lowest BCUT2D eigenvalue weighted by molar-refractivity contribution is -0.140. The van der Waals surface area contributed by atoms with E-state index in [1.54, 1.807) is 6.92 Å². The zero-order valence-corrected chi connectivity index (χ0v) is 21.9. The summed E-state index contributed by atoms with van der Waals surface area (Å²) in [6.07, 6.45) is -0.649. The lowest BCUT2D eigenvalue weighted by atomic mass is 10.0. The number of hydrogen-bond acceptors (Lipinski definition) is 9. The van der Waals surface area contributed by atoms with Crippen molar-refractivity contribution in [1.29, 1.82) is 0 Å². The molecule has 0 radical (unpaired) electrons. The number of nitrogens with one attached hydrogen (secondary N) is 3. The highest BCUT2D eigenvalue weighted by Crippen LogP contribution is 2.41. The number of piperidine rings is 1. The maximum Gasteiger partial charge on any atom is 0.434 e. The number of nitrogens with two attached hydrogens (primary N) is 1. The van der Waals surface area contributed by atoms with Crippen molar-refractivity contribution >= 4 is 29.1 Å². The molecule has 0 bridgehead atoms. The van der Waals surface area contributed by atoms with Gasteiger partial charge in [0.05, 0.1) is 5.56 Å². The maximum absolute atomic E-state index is 13.4. The number of pyridine rings is 2. The van der Waals surface area contributed by atoms with Gasteiger partial charge in [-0.05, 0) is 38.9 Å². The van der Waals surface area contributed by atoms with E-state index in [-0.39, 0.29) is 33.9 Å². The zero-order chi connectivity index (χ0) is 28.2. The molecule has 4 heterocycles. The second kappa shape index (κ2) is 11.9. The Bertz CT molecular complexity index is 1340. The van der Waals surface area contributed by atoms with Gasteiger partial charge < -0.3 is 15.0 Å². The fourth-order valence-electron chi connectivity index (χ4n) is 3.97. The molecule has 1 aliphatic rings. The van der Waals surface area contributed by atoms with Gasteiger partial charge in [-0.25, -0.2) is 25.6 Å². The summed E-state index contributed by atoms with van der Waals surface area (Å²) in [4.78, 5) is 39.0. The molecule has 3 aromatic heterocycles. The van der Waals surface area contributed by atoms with Gasteiger partial charge in [-0.15, -0.1) is 11.3 Å². The number of nitrogen functional groups attached to an aromatic ring is 1. The summed E-state index contributed by atoms with van der Waals surface area (Å²) in [7, 11) is 2.01. The highest BCUT2D eigenvalue weighted by molar-refractivity contribution is 7.13. The number of carbonyl (C=O) groups is 2. The number of likely N-dealkylation sites (tertiary alicyclic amines) is 1. The third-order valence-corrected chi connectivity index (χ3v) is 6.86. The lowest BCUT2D eigenvalue weighted by Gasteiger charge is -2.29. The number of urea groups is 1. The molecule has 0 unspecified atom stereocenters. The topological polar surface area (TPSA) is 147 Å². The van der Waals surface area contributed by atoms with Crippen molar-refractivity contribution in [2.75, 3.05) is 32.0 Å². The number of hydrogen-bond donors (Lipinski definition) is 4. The third kappa shape index (κ3) is 6.79. The molecule has 208 valence electrons. The van der Waals surface area contributed by atoms with Crippen LogP contribution in [0.25, 0.3) is 21.7 Å². The van der Waals surface area contributed by atoms with E-state index in [1.807, 2.05) is 12.5 Å². The van der Waals surface area contributed by atoms with Crippen LogP contribution in [0.2, 0.25) is 0 Å². The molecule has 0 saturated carbocycles. The molecule has 39 heavy (non-hydrogen) atoms. The molecule has 1 aliphatic heterocycles. The van der Waals surface area contributed by atoms with Gasteiger partial charge in [0.2, 0.25) is 5.88 Å². The first-order chi connectivity index (χ1) is 18.6. The summed E-state index contributed by atoms with van der Waals surface area (Å²) in [6.45, 7) is 3.73. The summed E-state index contributed by atoms with van der Waals surface area (Å²) in [5, 5.41) is 6.05. The molecular formula is C24H27F3N8O3S. The van der Waals surface area contributed by atoms with Crippen molar-refractivity contribution in [3.05, 3.63) is 41.2 Å². The van der Waals surface area contributed by atoms with E-state index in [0.29, 0.717) is 17.7 Å². The van der Waals surface area contributed by atoms with Gasteiger partial charge in [0, 0.05) is 54.1 Å². The molecule has 3 aromatic rings. The van der Waals surface area contributed by atoms with Crippen LogP contribution in [-0.2, 0) is 6.18 Å². The van der Waals surface area contributed by atoms with Gasteiger partial charge >= 0.3 is 12.2 Å². The van der Waals surface area contributed by atoms with Crippen LogP contribution in [0.15, 0.2) is 29.9 Å². The Kier molecular flexibility index (Phi) is 8.62. The normalized spacial score (nSPS) is 14.6. The van der Waals surface area contributed by atoms with Crippen molar-refractivity contribution in [2.24, 2.45) is 5.84 Å². The monoisotopic (exact) mass is 564 g/mol. The Morgan fingerprint density at radius 2 is 1.90 bits per heavy atom. The number of carbonyl (C=O) groups excluding carboxylic acids is 2. The van der Waals surface area contributed by atoms with Gasteiger partial charge in [0.1, 0.15) is 16.9 Å². The lowest BCUT2D eigenvalue weighted by Crippen LogP contribution is -2.36. The number of ether oxygens (including phenoxy) is 1. The Hall–Kier alpha value is -3.82. The van der Waals surface area contributed by atoms with E-state index in [0.717, 1.165) is 42.6 Å². The third-order valence-electron chi connectivity index (χ3n) is 5.99. The number of rotatable bonds is 7. The van der Waals surface area contributed by atoms with Crippen molar-refractivity contribution in [1.82, 2.24) is 30.6 Å². The molecule has 0 aliphatic carbocycles. The first-order valence-corrected chi connectivity index (χ1v) is 12.9. The highest BCUT2D eigenvalue weighted by Gasteiger charge is 2.34. The Morgan fingerprint density at radius 3 is 2.54 bits per heavy atom. The van der Waals surface area contributed by atoms with Crippen LogP contribution in [0.4, 0.5) is 23.8 Å². The Balaban J connectivity index is 1.84. The minimum Gasteiger partial charge on any atom is -0.474 e. The number of amides is 3. The van der Waals surface area contributed by atoms with E-state index in [2.05, 4.69) is 30.5 Å². The van der Waals surface area contributed by atoms with E-state index < -0.39 is 23.8 Å². The molecule has 5 N–H and O–H groups in total. The number of halogens is 3. The summed E-state index contributed by atoms with van der Waals surface area (Å²) >= 11 is 0.780. The molecule has 15 heteroatoms. The summed E-state index contributed by atoms with van der Waals surface area (Å²) in [6, 6.07) is 2.36. The number of anilines is 1. The first kappa shape index (κ1) is 28.2. The number of hydrazine groups is 1. The highest BCUT2D eigenvalue weighted by atomic mass is 32.1. The van der Waals surface area contributed by atoms with Crippen molar-refractivity contribution in [3.63, 3.8) is 0 Å². The average molecular weight is 565 g/mol. The summed E-state index contributed by atoms with van der Waals surface area (Å²) in [5.41, 5.74) is 1.95. The number of aromatic nitrogens is 3. The molecule has 1 fully saturated rings. The van der Waals surface area contributed by atoms with Gasteiger partial charge in [-0.2, -0.15) is 13.2 Å². The fourth-order valence-corrected chi connectivity index (χ4v) is 4.83. The smallest absolute Gasteiger partial charge is 0.434 e. The van der Waals surface area contributed by atoms with Crippen LogP contribution < -0.4 is 26.6 Å². The maximum atomic E-state index is 13.4. The average Bonchev–Trinajstić information content (AvgIpc) is 3.41. The SMILES string of the molecule is CCNC(=O)Nc1cc(-c2nc(C(F)(F)F)cs2)c(-c2cc(C(=O)NN)cnc2OC2CCN(C)CC2)cn1. The number of alkyl halides is 3. The minimum absolute atomic E-state index is 0.0256. The Morgan fingerprint density at radius 1 is 1.15 bits per heavy atom.